The quantitative estimate of drug-likeness (QED) is 0.814. The summed E-state index contributed by atoms with van der Waals surface area (Å²) in [5.41, 5.74) is 14.4. The van der Waals surface area contributed by atoms with Crippen LogP contribution in [0.25, 0.3) is 0 Å². The fraction of sp³-hybridized carbons (Fsp3) is 0.200. The van der Waals surface area contributed by atoms with Crippen molar-refractivity contribution in [2.75, 3.05) is 11.5 Å². The monoisotopic (exact) mass is 258 g/mol. The molecule has 0 aromatic heterocycles. The van der Waals surface area contributed by atoms with E-state index in [4.69, 9.17) is 11.5 Å². The van der Waals surface area contributed by atoms with Gasteiger partial charge in [-0.1, -0.05) is 37.7 Å². The zero-order valence-corrected chi connectivity index (χ0v) is 11.5. The lowest BCUT2D eigenvalue weighted by molar-refractivity contribution is 0.865. The molecule has 0 unspecified atom stereocenters. The van der Waals surface area contributed by atoms with Gasteiger partial charge in [0, 0.05) is 21.2 Å². The normalized spacial score (nSPS) is 10.8. The molecule has 0 radical (unpaired) electrons. The lowest BCUT2D eigenvalue weighted by Gasteiger charge is -2.08. The molecular formula is C15H18N2S. The number of rotatable bonds is 3. The van der Waals surface area contributed by atoms with Gasteiger partial charge >= 0.3 is 0 Å². The summed E-state index contributed by atoms with van der Waals surface area (Å²) in [4.78, 5) is 2.23. The highest BCUT2D eigenvalue weighted by atomic mass is 32.2. The lowest BCUT2D eigenvalue weighted by Crippen LogP contribution is -1.92. The first-order valence-electron chi connectivity index (χ1n) is 5.99. The van der Waals surface area contributed by atoms with Gasteiger partial charge in [0.05, 0.1) is 0 Å². The van der Waals surface area contributed by atoms with E-state index in [-0.39, 0.29) is 0 Å². The molecule has 0 fully saturated rings. The fourth-order valence-corrected chi connectivity index (χ4v) is 2.55. The van der Waals surface area contributed by atoms with Gasteiger partial charge < -0.3 is 11.5 Å². The Labute approximate surface area is 112 Å². The molecule has 0 aliphatic heterocycles. The molecule has 0 saturated carbocycles. The number of nitrogen functional groups attached to an aromatic ring is 2. The Bertz CT molecular complexity index is 533. The van der Waals surface area contributed by atoms with E-state index in [2.05, 4.69) is 38.1 Å². The van der Waals surface area contributed by atoms with Crippen LogP contribution in [-0.4, -0.2) is 0 Å². The Kier molecular flexibility index (Phi) is 3.82. The van der Waals surface area contributed by atoms with E-state index in [9.17, 15) is 0 Å². The number of benzene rings is 2. The number of nitrogens with two attached hydrogens (primary N) is 2. The van der Waals surface area contributed by atoms with Crippen LogP contribution < -0.4 is 11.5 Å². The minimum atomic E-state index is 0.561. The third-order valence-corrected chi connectivity index (χ3v) is 3.91. The minimum Gasteiger partial charge on any atom is -0.399 e. The summed E-state index contributed by atoms with van der Waals surface area (Å²) < 4.78 is 0. The second kappa shape index (κ2) is 5.36. The highest BCUT2D eigenvalue weighted by Crippen LogP contribution is 2.33. The van der Waals surface area contributed by atoms with Crippen LogP contribution in [0.3, 0.4) is 0 Å². The van der Waals surface area contributed by atoms with Crippen molar-refractivity contribution in [2.24, 2.45) is 0 Å². The summed E-state index contributed by atoms with van der Waals surface area (Å²) >= 11 is 1.66. The predicted molar refractivity (Wildman–Crippen MR) is 79.9 cm³/mol. The Hall–Kier alpha value is -1.61. The van der Waals surface area contributed by atoms with Gasteiger partial charge in [-0.05, 0) is 41.8 Å². The van der Waals surface area contributed by atoms with E-state index in [1.807, 2.05) is 12.1 Å². The standard InChI is InChI=1S/C15H18N2S/c1-10(2)11-3-6-13(7-4-11)18-15-8-5-12(16)9-14(15)17/h3-10H,16-17H2,1-2H3. The maximum atomic E-state index is 5.95. The van der Waals surface area contributed by atoms with Crippen molar-refractivity contribution in [3.63, 3.8) is 0 Å². The van der Waals surface area contributed by atoms with Crippen LogP contribution in [0.1, 0.15) is 25.3 Å². The van der Waals surface area contributed by atoms with Crippen LogP contribution in [0.15, 0.2) is 52.3 Å². The van der Waals surface area contributed by atoms with Crippen molar-refractivity contribution in [1.82, 2.24) is 0 Å². The third-order valence-electron chi connectivity index (χ3n) is 2.81. The van der Waals surface area contributed by atoms with Crippen molar-refractivity contribution in [2.45, 2.75) is 29.6 Å². The van der Waals surface area contributed by atoms with Gasteiger partial charge in [-0.3, -0.25) is 0 Å². The zero-order valence-electron chi connectivity index (χ0n) is 10.7. The number of anilines is 2. The van der Waals surface area contributed by atoms with Crippen molar-refractivity contribution < 1.29 is 0 Å². The molecule has 18 heavy (non-hydrogen) atoms. The summed E-state index contributed by atoms with van der Waals surface area (Å²) in [6.07, 6.45) is 0. The smallest absolute Gasteiger partial charge is 0.0476 e. The van der Waals surface area contributed by atoms with Crippen molar-refractivity contribution in [1.29, 1.82) is 0 Å². The molecule has 2 nitrogen and oxygen atoms in total. The highest BCUT2D eigenvalue weighted by molar-refractivity contribution is 7.99. The average Bonchev–Trinajstić information content (AvgIpc) is 2.33. The zero-order chi connectivity index (χ0) is 13.1. The first-order valence-corrected chi connectivity index (χ1v) is 6.80. The molecule has 4 N–H and O–H groups in total. The van der Waals surface area contributed by atoms with Crippen molar-refractivity contribution >= 4 is 23.1 Å². The molecule has 2 aromatic carbocycles. The summed E-state index contributed by atoms with van der Waals surface area (Å²) in [6.45, 7) is 4.39. The maximum Gasteiger partial charge on any atom is 0.0476 e. The highest BCUT2D eigenvalue weighted by Gasteiger charge is 2.03. The molecule has 2 rings (SSSR count). The van der Waals surface area contributed by atoms with E-state index in [0.29, 0.717) is 11.6 Å². The van der Waals surface area contributed by atoms with Crippen LogP contribution >= 0.6 is 11.8 Å². The molecule has 0 saturated heterocycles. The van der Waals surface area contributed by atoms with Gasteiger partial charge in [0.25, 0.3) is 0 Å². The molecule has 0 heterocycles. The summed E-state index contributed by atoms with van der Waals surface area (Å²) in [7, 11) is 0. The molecule has 0 atom stereocenters. The first-order chi connectivity index (χ1) is 8.56. The molecule has 0 amide bonds. The Morgan fingerprint density at radius 1 is 0.944 bits per heavy atom. The van der Waals surface area contributed by atoms with Crippen LogP contribution in [0, 0.1) is 0 Å². The van der Waals surface area contributed by atoms with Gasteiger partial charge in [0.1, 0.15) is 0 Å². The van der Waals surface area contributed by atoms with Crippen molar-refractivity contribution in [3.8, 4) is 0 Å². The largest absolute Gasteiger partial charge is 0.399 e. The second-order valence-corrected chi connectivity index (χ2v) is 5.74. The third kappa shape index (κ3) is 2.99. The molecular weight excluding hydrogens is 240 g/mol. The van der Waals surface area contributed by atoms with Gasteiger partial charge in [0.15, 0.2) is 0 Å². The Balaban J connectivity index is 2.18. The van der Waals surface area contributed by atoms with Crippen LogP contribution in [0.5, 0.6) is 0 Å². The first kappa shape index (κ1) is 12.8. The van der Waals surface area contributed by atoms with Gasteiger partial charge in [0.2, 0.25) is 0 Å². The summed E-state index contributed by atoms with van der Waals surface area (Å²) in [6, 6.07) is 14.2. The Morgan fingerprint density at radius 3 is 2.17 bits per heavy atom. The van der Waals surface area contributed by atoms with E-state index in [0.717, 1.165) is 10.6 Å². The van der Waals surface area contributed by atoms with Gasteiger partial charge in [-0.2, -0.15) is 0 Å². The maximum absolute atomic E-state index is 5.95. The SMILES string of the molecule is CC(C)c1ccc(Sc2ccc(N)cc2N)cc1. The summed E-state index contributed by atoms with van der Waals surface area (Å²) in [5.74, 6) is 0.561. The summed E-state index contributed by atoms with van der Waals surface area (Å²) in [5, 5.41) is 0. The lowest BCUT2D eigenvalue weighted by atomic mass is 10.0. The molecule has 2 aromatic rings. The van der Waals surface area contributed by atoms with E-state index in [1.54, 1.807) is 17.8 Å². The van der Waals surface area contributed by atoms with Gasteiger partial charge in [-0.15, -0.1) is 0 Å². The molecule has 3 heteroatoms. The van der Waals surface area contributed by atoms with Gasteiger partial charge in [-0.25, -0.2) is 0 Å². The van der Waals surface area contributed by atoms with Crippen LogP contribution in [-0.2, 0) is 0 Å². The van der Waals surface area contributed by atoms with E-state index in [1.165, 1.54) is 10.5 Å². The fourth-order valence-electron chi connectivity index (χ4n) is 1.71. The molecule has 0 aliphatic rings. The minimum absolute atomic E-state index is 0.561. The topological polar surface area (TPSA) is 52.0 Å². The molecule has 0 bridgehead atoms. The number of hydrogen-bond acceptors (Lipinski definition) is 3. The Morgan fingerprint density at radius 2 is 1.61 bits per heavy atom. The van der Waals surface area contributed by atoms with Crippen LogP contribution in [0.2, 0.25) is 0 Å². The number of hydrogen-bond donors (Lipinski definition) is 2. The second-order valence-electron chi connectivity index (χ2n) is 4.62. The van der Waals surface area contributed by atoms with E-state index < -0.39 is 0 Å². The molecule has 0 aliphatic carbocycles. The van der Waals surface area contributed by atoms with Crippen LogP contribution in [0.4, 0.5) is 11.4 Å². The predicted octanol–water partition coefficient (Wildman–Crippen LogP) is 4.13. The van der Waals surface area contributed by atoms with Crippen molar-refractivity contribution in [3.05, 3.63) is 48.0 Å². The average molecular weight is 258 g/mol. The molecule has 0 spiro atoms. The molecule has 94 valence electrons. The van der Waals surface area contributed by atoms with E-state index >= 15 is 0 Å².